The Balaban J connectivity index is 1.83. The normalized spacial score (nSPS) is 24.3. The number of carboxylic acids is 1. The van der Waals surface area contributed by atoms with Crippen LogP contribution in [-0.2, 0) is 18.7 Å². The molecule has 2 aromatic carbocycles. The van der Waals surface area contributed by atoms with Gasteiger partial charge < -0.3 is 14.7 Å². The number of hydrogen-bond acceptors (Lipinski definition) is 5. The lowest BCUT2D eigenvalue weighted by molar-refractivity contribution is -0.163. The van der Waals surface area contributed by atoms with Crippen LogP contribution < -0.4 is 10.6 Å². The van der Waals surface area contributed by atoms with Crippen LogP contribution in [0.5, 0.6) is 0 Å². The molecule has 1 fully saturated rings. The van der Waals surface area contributed by atoms with Crippen LogP contribution in [0.2, 0.25) is 0 Å². The van der Waals surface area contributed by atoms with Crippen molar-refractivity contribution < 1.29 is 28.9 Å². The third-order valence-electron chi connectivity index (χ3n) is 5.73. The molecular formula is C22H22NO6P. The Kier molecular flexibility index (Phi) is 5.04. The molecule has 8 heteroatoms. The lowest BCUT2D eigenvalue weighted by Gasteiger charge is -2.46. The van der Waals surface area contributed by atoms with Gasteiger partial charge in [0.15, 0.2) is 5.70 Å². The summed E-state index contributed by atoms with van der Waals surface area (Å²) in [6, 6.07) is 16.7. The smallest absolute Gasteiger partial charge is 0.356 e. The molecule has 1 saturated heterocycles. The number of fused-ring (bicyclic) bond motifs is 1. The van der Waals surface area contributed by atoms with Gasteiger partial charge in [0.1, 0.15) is 5.76 Å². The first-order chi connectivity index (χ1) is 14.3. The first kappa shape index (κ1) is 20.4. The molecule has 0 aliphatic carbocycles. The summed E-state index contributed by atoms with van der Waals surface area (Å²) in [5, 5.41) is 20.7. The van der Waals surface area contributed by atoms with E-state index in [2.05, 4.69) is 0 Å². The zero-order valence-corrected chi connectivity index (χ0v) is 17.4. The van der Waals surface area contributed by atoms with E-state index in [1.165, 1.54) is 6.92 Å². The standard InChI is InChI=1S/C22H22NO6P/c1-13-18-17(14(2)24)21(25)23(18)19(22(26)27)20(13)29-30(28,15-9-5-3-6-10-15)16-11-7-4-8-12-16/h3-14,17-18,24H,1-2H3,(H,26,27)/t13-,14-,17-,18+/m1/s1. The monoisotopic (exact) mass is 427 g/mol. The van der Waals surface area contributed by atoms with E-state index in [-0.39, 0.29) is 11.5 Å². The Morgan fingerprint density at radius 3 is 2.00 bits per heavy atom. The lowest BCUT2D eigenvalue weighted by atomic mass is 9.79. The fourth-order valence-electron chi connectivity index (χ4n) is 4.28. The minimum atomic E-state index is -3.70. The van der Waals surface area contributed by atoms with Crippen molar-refractivity contribution in [3.8, 4) is 0 Å². The van der Waals surface area contributed by atoms with Crippen LogP contribution in [0.4, 0.5) is 0 Å². The lowest BCUT2D eigenvalue weighted by Crippen LogP contribution is -2.63. The molecule has 0 saturated carbocycles. The molecule has 0 aromatic heterocycles. The van der Waals surface area contributed by atoms with Crippen molar-refractivity contribution in [3.63, 3.8) is 0 Å². The molecule has 0 spiro atoms. The molecule has 156 valence electrons. The number of benzene rings is 2. The molecule has 0 radical (unpaired) electrons. The third-order valence-corrected chi connectivity index (χ3v) is 8.14. The van der Waals surface area contributed by atoms with Gasteiger partial charge in [0, 0.05) is 5.92 Å². The maximum atomic E-state index is 14.2. The zero-order valence-electron chi connectivity index (χ0n) is 16.5. The minimum Gasteiger partial charge on any atom is -0.476 e. The van der Waals surface area contributed by atoms with Gasteiger partial charge in [-0.05, 0) is 31.2 Å². The van der Waals surface area contributed by atoms with Crippen molar-refractivity contribution in [2.75, 3.05) is 0 Å². The first-order valence-electron chi connectivity index (χ1n) is 9.67. The van der Waals surface area contributed by atoms with Crippen molar-refractivity contribution in [2.24, 2.45) is 11.8 Å². The SMILES string of the molecule is C[C@@H](O)[C@H]1C(=O)N2C(C(=O)O)=C(OP(=O)(c3ccccc3)c3ccccc3)[C@H](C)[C@@H]12. The predicted octanol–water partition coefficient (Wildman–Crippen LogP) is 2.09. The van der Waals surface area contributed by atoms with Crippen molar-refractivity contribution in [2.45, 2.75) is 26.0 Å². The molecule has 4 rings (SSSR count). The Morgan fingerprint density at radius 2 is 1.57 bits per heavy atom. The molecule has 2 heterocycles. The van der Waals surface area contributed by atoms with Crippen LogP contribution in [-0.4, -0.2) is 39.1 Å². The van der Waals surface area contributed by atoms with E-state index in [9.17, 15) is 24.4 Å². The number of carbonyl (C=O) groups is 2. The van der Waals surface area contributed by atoms with Crippen LogP contribution >= 0.6 is 7.37 Å². The van der Waals surface area contributed by atoms with Gasteiger partial charge in [-0.1, -0.05) is 43.3 Å². The number of nitrogens with zero attached hydrogens (tertiary/aromatic N) is 1. The van der Waals surface area contributed by atoms with Crippen molar-refractivity contribution in [1.29, 1.82) is 0 Å². The molecule has 2 aliphatic heterocycles. The number of carbonyl (C=O) groups excluding carboxylic acids is 1. The summed E-state index contributed by atoms with van der Waals surface area (Å²) in [4.78, 5) is 25.7. The van der Waals surface area contributed by atoms with Crippen LogP contribution in [0.3, 0.4) is 0 Å². The highest BCUT2D eigenvalue weighted by atomic mass is 31.2. The number of aliphatic carboxylic acids is 1. The Bertz CT molecular complexity index is 1020. The molecule has 2 aliphatic rings. The fourth-order valence-corrected chi connectivity index (χ4v) is 6.45. The van der Waals surface area contributed by atoms with Crippen LogP contribution in [0.1, 0.15) is 13.8 Å². The summed E-state index contributed by atoms with van der Waals surface area (Å²) in [6.07, 6.45) is -0.925. The molecule has 7 nitrogen and oxygen atoms in total. The summed E-state index contributed by atoms with van der Waals surface area (Å²) in [5.74, 6) is -3.05. The topological polar surface area (TPSA) is 104 Å². The number of aliphatic hydroxyl groups is 1. The van der Waals surface area contributed by atoms with Crippen LogP contribution in [0.25, 0.3) is 0 Å². The highest BCUT2D eigenvalue weighted by Crippen LogP contribution is 2.54. The van der Waals surface area contributed by atoms with Gasteiger partial charge in [-0.3, -0.25) is 14.3 Å². The average molecular weight is 427 g/mol. The van der Waals surface area contributed by atoms with E-state index in [4.69, 9.17) is 4.52 Å². The van der Waals surface area contributed by atoms with E-state index in [0.29, 0.717) is 10.6 Å². The van der Waals surface area contributed by atoms with Crippen LogP contribution in [0.15, 0.2) is 72.1 Å². The van der Waals surface area contributed by atoms with Gasteiger partial charge in [0.2, 0.25) is 5.91 Å². The van der Waals surface area contributed by atoms with Crippen LogP contribution in [0, 0.1) is 11.8 Å². The summed E-state index contributed by atoms with van der Waals surface area (Å²) in [6.45, 7) is 3.23. The first-order valence-corrected chi connectivity index (χ1v) is 11.3. The number of β-lactam (4-membered cyclic amide) rings is 1. The van der Waals surface area contributed by atoms with Gasteiger partial charge in [-0.15, -0.1) is 0 Å². The van der Waals surface area contributed by atoms with Gasteiger partial charge in [0.05, 0.1) is 28.7 Å². The summed E-state index contributed by atoms with van der Waals surface area (Å²) < 4.78 is 20.3. The van der Waals surface area contributed by atoms with Crippen molar-refractivity contribution in [3.05, 3.63) is 72.1 Å². The molecule has 1 amide bonds. The maximum absolute atomic E-state index is 14.2. The molecule has 2 N–H and O–H groups in total. The van der Waals surface area contributed by atoms with E-state index >= 15 is 0 Å². The molecule has 0 bridgehead atoms. The Labute approximate surface area is 174 Å². The van der Waals surface area contributed by atoms with Crippen molar-refractivity contribution in [1.82, 2.24) is 4.90 Å². The maximum Gasteiger partial charge on any atom is 0.356 e. The number of aliphatic hydroxyl groups excluding tert-OH is 1. The number of hydrogen-bond donors (Lipinski definition) is 2. The van der Waals surface area contributed by atoms with Gasteiger partial charge >= 0.3 is 13.3 Å². The molecular weight excluding hydrogens is 405 g/mol. The summed E-state index contributed by atoms with van der Waals surface area (Å²) >= 11 is 0. The Morgan fingerprint density at radius 1 is 1.07 bits per heavy atom. The van der Waals surface area contributed by atoms with E-state index < -0.39 is 43.2 Å². The van der Waals surface area contributed by atoms with Gasteiger partial charge in [-0.2, -0.15) is 0 Å². The minimum absolute atomic E-state index is 0.0000365. The number of amides is 1. The second-order valence-corrected chi connectivity index (χ2v) is 9.90. The third kappa shape index (κ3) is 2.97. The average Bonchev–Trinajstić information content (AvgIpc) is 2.97. The van der Waals surface area contributed by atoms with Crippen molar-refractivity contribution >= 4 is 29.9 Å². The molecule has 4 atom stereocenters. The fraction of sp³-hybridized carbons (Fsp3) is 0.273. The summed E-state index contributed by atoms with van der Waals surface area (Å²) in [7, 11) is -3.70. The molecule has 30 heavy (non-hydrogen) atoms. The highest BCUT2D eigenvalue weighted by molar-refractivity contribution is 7.74. The number of carboxylic acid groups (broad SMARTS) is 1. The quantitative estimate of drug-likeness (QED) is 0.541. The van der Waals surface area contributed by atoms with E-state index in [1.807, 2.05) is 0 Å². The second kappa shape index (κ2) is 7.42. The second-order valence-electron chi connectivity index (χ2n) is 7.59. The summed E-state index contributed by atoms with van der Waals surface area (Å²) in [5.41, 5.74) is -0.304. The number of rotatable bonds is 6. The predicted molar refractivity (Wildman–Crippen MR) is 110 cm³/mol. The van der Waals surface area contributed by atoms with Gasteiger partial charge in [-0.25, -0.2) is 4.79 Å². The zero-order chi connectivity index (χ0) is 21.6. The Hall–Kier alpha value is -2.89. The highest BCUT2D eigenvalue weighted by Gasteiger charge is 2.61. The van der Waals surface area contributed by atoms with E-state index in [0.717, 1.165) is 4.90 Å². The largest absolute Gasteiger partial charge is 0.476 e. The van der Waals surface area contributed by atoms with Gasteiger partial charge in [0.25, 0.3) is 0 Å². The van der Waals surface area contributed by atoms with E-state index in [1.54, 1.807) is 67.6 Å². The molecule has 2 aromatic rings. The molecule has 0 unspecified atom stereocenters.